The van der Waals surface area contributed by atoms with Crippen LogP contribution >= 0.6 is 27.7 Å². The molecule has 0 bridgehead atoms. The number of unbranched alkanes of at least 4 members (excludes halogenated alkanes) is 3. The fourth-order valence-corrected chi connectivity index (χ4v) is 5.43. The Bertz CT molecular complexity index is 1100. The number of ether oxygens (including phenoxy) is 1. The van der Waals surface area contributed by atoms with E-state index in [-0.39, 0.29) is 0 Å². The van der Waals surface area contributed by atoms with Crippen molar-refractivity contribution in [3.05, 3.63) is 67.6 Å². The first-order valence-electron chi connectivity index (χ1n) is 11.3. The molecule has 0 spiro atoms. The van der Waals surface area contributed by atoms with Crippen molar-refractivity contribution < 1.29 is 13.4 Å². The van der Waals surface area contributed by atoms with Crippen LogP contribution in [0, 0.1) is 13.8 Å². The van der Waals surface area contributed by atoms with E-state index in [4.69, 9.17) is 9.15 Å². The SMILES string of the molecule is CCCCCC.CS/C(=C\c1ccc(C)c(C)c1OCc1cc(Br)c2occc2c1)S(C)=O. The van der Waals surface area contributed by atoms with Crippen molar-refractivity contribution in [2.75, 3.05) is 12.5 Å². The van der Waals surface area contributed by atoms with Gasteiger partial charge in [-0.05, 0) is 77.0 Å². The Morgan fingerprint density at radius 3 is 2.45 bits per heavy atom. The minimum Gasteiger partial charge on any atom is -0.488 e. The highest BCUT2D eigenvalue weighted by atomic mass is 79.9. The molecule has 0 N–H and O–H groups in total. The van der Waals surface area contributed by atoms with Gasteiger partial charge in [0.2, 0.25) is 0 Å². The summed E-state index contributed by atoms with van der Waals surface area (Å²) in [5.74, 6) is 0.829. The number of rotatable bonds is 9. The van der Waals surface area contributed by atoms with Crippen molar-refractivity contribution in [1.82, 2.24) is 0 Å². The molecule has 0 aliphatic heterocycles. The summed E-state index contributed by atoms with van der Waals surface area (Å²) < 4.78 is 25.4. The molecule has 1 heterocycles. The predicted octanol–water partition coefficient (Wildman–Crippen LogP) is 9.02. The predicted molar refractivity (Wildman–Crippen MR) is 150 cm³/mol. The maximum absolute atomic E-state index is 11.9. The molecule has 33 heavy (non-hydrogen) atoms. The van der Waals surface area contributed by atoms with Crippen LogP contribution in [0.2, 0.25) is 0 Å². The van der Waals surface area contributed by atoms with Crippen molar-refractivity contribution in [1.29, 1.82) is 0 Å². The van der Waals surface area contributed by atoms with Gasteiger partial charge in [-0.2, -0.15) is 0 Å². The molecule has 0 saturated carbocycles. The first-order chi connectivity index (χ1) is 15.8. The van der Waals surface area contributed by atoms with Gasteiger partial charge in [-0.15, -0.1) is 11.8 Å². The molecular weight excluding hydrogens is 516 g/mol. The molecule has 0 amide bonds. The summed E-state index contributed by atoms with van der Waals surface area (Å²) in [7, 11) is -1.03. The number of furan rings is 1. The molecule has 2 aromatic carbocycles. The molecule has 6 heteroatoms. The summed E-state index contributed by atoms with van der Waals surface area (Å²) in [5, 5.41) is 1.04. The van der Waals surface area contributed by atoms with E-state index >= 15 is 0 Å². The highest BCUT2D eigenvalue weighted by Gasteiger charge is 2.12. The van der Waals surface area contributed by atoms with Gasteiger partial charge < -0.3 is 9.15 Å². The van der Waals surface area contributed by atoms with Crippen LogP contribution in [0.25, 0.3) is 17.0 Å². The fourth-order valence-electron chi connectivity index (χ4n) is 3.34. The van der Waals surface area contributed by atoms with E-state index in [9.17, 15) is 4.21 Å². The molecule has 3 nitrogen and oxygen atoms in total. The number of aryl methyl sites for hydroxylation is 1. The van der Waals surface area contributed by atoms with Crippen molar-refractivity contribution in [2.24, 2.45) is 0 Å². The number of fused-ring (bicyclic) bond motifs is 1. The molecular formula is C27H35BrO3S2. The number of hydrogen-bond acceptors (Lipinski definition) is 4. The van der Waals surface area contributed by atoms with Crippen LogP contribution < -0.4 is 4.74 Å². The zero-order chi connectivity index (χ0) is 24.4. The van der Waals surface area contributed by atoms with Gasteiger partial charge >= 0.3 is 0 Å². The van der Waals surface area contributed by atoms with Crippen molar-refractivity contribution >= 4 is 55.5 Å². The van der Waals surface area contributed by atoms with Gasteiger partial charge in [0, 0.05) is 17.2 Å². The monoisotopic (exact) mass is 550 g/mol. The lowest BCUT2D eigenvalue weighted by Gasteiger charge is -2.15. The van der Waals surface area contributed by atoms with Gasteiger partial charge in [0.15, 0.2) is 0 Å². The third kappa shape index (κ3) is 8.04. The Hall–Kier alpha value is -1.50. The summed E-state index contributed by atoms with van der Waals surface area (Å²) in [5.41, 5.74) is 5.09. The topological polar surface area (TPSA) is 39.4 Å². The van der Waals surface area contributed by atoms with E-state index in [0.717, 1.165) is 47.7 Å². The van der Waals surface area contributed by atoms with Crippen molar-refractivity contribution in [2.45, 2.75) is 60.0 Å². The van der Waals surface area contributed by atoms with Gasteiger partial charge in [0.05, 0.1) is 25.8 Å². The number of hydrogen-bond donors (Lipinski definition) is 0. The molecule has 3 aromatic rings. The average molecular weight is 552 g/mol. The highest BCUT2D eigenvalue weighted by molar-refractivity contribution is 9.10. The summed E-state index contributed by atoms with van der Waals surface area (Å²) in [6, 6.07) is 10.1. The molecule has 0 aliphatic rings. The molecule has 0 fully saturated rings. The maximum Gasteiger partial charge on any atom is 0.148 e. The Morgan fingerprint density at radius 1 is 1.15 bits per heavy atom. The lowest BCUT2D eigenvalue weighted by molar-refractivity contribution is 0.303. The molecule has 0 saturated heterocycles. The van der Waals surface area contributed by atoms with Gasteiger partial charge in [-0.3, -0.25) is 4.21 Å². The van der Waals surface area contributed by atoms with E-state index in [2.05, 4.69) is 55.8 Å². The minimum atomic E-state index is -1.03. The zero-order valence-electron chi connectivity index (χ0n) is 20.5. The molecule has 3 rings (SSSR count). The Morgan fingerprint density at radius 2 is 1.85 bits per heavy atom. The summed E-state index contributed by atoms with van der Waals surface area (Å²) in [6.45, 7) is 9.02. The first kappa shape index (κ1) is 27.7. The second kappa shape index (κ2) is 14.0. The fraction of sp³-hybridized carbons (Fsp3) is 0.407. The molecule has 180 valence electrons. The first-order valence-corrected chi connectivity index (χ1v) is 14.9. The molecule has 1 aromatic heterocycles. The van der Waals surface area contributed by atoms with Crippen LogP contribution in [0.15, 0.2) is 49.7 Å². The number of halogens is 1. The normalized spacial score (nSPS) is 12.4. The molecule has 0 radical (unpaired) electrons. The Balaban J connectivity index is 0.000000569. The van der Waals surface area contributed by atoms with E-state index in [0.29, 0.717) is 6.61 Å². The summed E-state index contributed by atoms with van der Waals surface area (Å²) in [6.07, 6.45) is 12.8. The number of thioether (sulfide) groups is 1. The highest BCUT2D eigenvalue weighted by Crippen LogP contribution is 2.32. The smallest absolute Gasteiger partial charge is 0.148 e. The Kier molecular flexibility index (Phi) is 11.8. The van der Waals surface area contributed by atoms with Gasteiger partial charge in [-0.1, -0.05) is 51.7 Å². The lowest BCUT2D eigenvalue weighted by Crippen LogP contribution is -2.01. The van der Waals surface area contributed by atoms with Gasteiger partial charge in [0.1, 0.15) is 17.9 Å². The third-order valence-corrected chi connectivity index (χ3v) is 8.37. The van der Waals surface area contributed by atoms with Crippen molar-refractivity contribution in [3.63, 3.8) is 0 Å². The second-order valence-electron chi connectivity index (χ2n) is 7.96. The zero-order valence-corrected chi connectivity index (χ0v) is 23.7. The number of benzene rings is 2. The van der Waals surface area contributed by atoms with Crippen LogP contribution in [0.3, 0.4) is 0 Å². The van der Waals surface area contributed by atoms with Gasteiger partial charge in [0.25, 0.3) is 0 Å². The molecule has 1 unspecified atom stereocenters. The summed E-state index contributed by atoms with van der Waals surface area (Å²) in [4.78, 5) is 0. The Labute approximate surface area is 214 Å². The third-order valence-electron chi connectivity index (χ3n) is 5.37. The van der Waals surface area contributed by atoms with Gasteiger partial charge in [-0.25, -0.2) is 0 Å². The van der Waals surface area contributed by atoms with E-state index in [1.807, 2.05) is 30.5 Å². The quantitative estimate of drug-likeness (QED) is 0.249. The van der Waals surface area contributed by atoms with Crippen LogP contribution in [0.1, 0.15) is 61.8 Å². The van der Waals surface area contributed by atoms with Crippen LogP contribution in [0.5, 0.6) is 5.75 Å². The average Bonchev–Trinajstić information content (AvgIpc) is 3.27. The van der Waals surface area contributed by atoms with Crippen LogP contribution in [-0.4, -0.2) is 16.7 Å². The molecule has 0 aliphatic carbocycles. The minimum absolute atomic E-state index is 0.439. The second-order valence-corrected chi connectivity index (χ2v) is 11.3. The molecule has 1 atom stereocenters. The van der Waals surface area contributed by atoms with Crippen molar-refractivity contribution in [3.8, 4) is 5.75 Å². The van der Waals surface area contributed by atoms with Crippen LogP contribution in [-0.2, 0) is 17.4 Å². The summed E-state index contributed by atoms with van der Waals surface area (Å²) >= 11 is 5.06. The largest absolute Gasteiger partial charge is 0.488 e. The standard InChI is InChI=1S/C21H21BrO3S2.C6H14/c1-13-5-6-16(11-19(26-3)27(4)23)20(14(13)2)25-12-15-9-17-7-8-24-21(17)18(22)10-15;1-3-5-6-4-2/h5-11H,12H2,1-4H3;3-6H2,1-2H3/b19-11+;. The maximum atomic E-state index is 11.9. The van der Waals surface area contributed by atoms with E-state index < -0.39 is 10.8 Å². The van der Waals surface area contributed by atoms with E-state index in [1.165, 1.54) is 37.4 Å². The van der Waals surface area contributed by atoms with Crippen LogP contribution in [0.4, 0.5) is 0 Å². The lowest BCUT2D eigenvalue weighted by atomic mass is 10.0. The van der Waals surface area contributed by atoms with E-state index in [1.54, 1.807) is 12.5 Å².